The van der Waals surface area contributed by atoms with Gasteiger partial charge in [0.1, 0.15) is 11.5 Å². The van der Waals surface area contributed by atoms with Gasteiger partial charge >= 0.3 is 0 Å². The third-order valence-electron chi connectivity index (χ3n) is 3.15. The molecule has 1 aromatic heterocycles. The lowest BCUT2D eigenvalue weighted by Gasteiger charge is -2.00. The van der Waals surface area contributed by atoms with Gasteiger partial charge in [-0.25, -0.2) is 0 Å². The quantitative estimate of drug-likeness (QED) is 0.846. The van der Waals surface area contributed by atoms with E-state index in [2.05, 4.69) is 23.5 Å². The Balaban J connectivity index is 1.61. The molecule has 1 aliphatic rings. The lowest BCUT2D eigenvalue weighted by molar-refractivity contribution is 0.488. The van der Waals surface area contributed by atoms with Crippen molar-refractivity contribution in [2.45, 2.75) is 19.4 Å². The minimum atomic E-state index is 0.837. The highest BCUT2D eigenvalue weighted by atomic mass is 16.3. The van der Waals surface area contributed by atoms with Gasteiger partial charge in [0.25, 0.3) is 0 Å². The standard InChI is InChI=1S/C15H17NO/c1-2-4-13(5-3-1)15-9-8-14(17-15)11-16-10-12-6-7-12/h1-5,8-9,12,16H,6-7,10-11H2. The lowest BCUT2D eigenvalue weighted by atomic mass is 10.2. The molecule has 88 valence electrons. The van der Waals surface area contributed by atoms with Gasteiger partial charge in [0.05, 0.1) is 6.54 Å². The third-order valence-corrected chi connectivity index (χ3v) is 3.15. The first-order valence-corrected chi connectivity index (χ1v) is 6.27. The van der Waals surface area contributed by atoms with E-state index in [1.165, 1.54) is 12.8 Å². The molecule has 1 aromatic carbocycles. The summed E-state index contributed by atoms with van der Waals surface area (Å²) in [7, 11) is 0. The van der Waals surface area contributed by atoms with Gasteiger partial charge in [-0.3, -0.25) is 0 Å². The zero-order valence-electron chi connectivity index (χ0n) is 9.86. The molecule has 1 saturated carbocycles. The van der Waals surface area contributed by atoms with E-state index < -0.39 is 0 Å². The Bertz CT molecular complexity index is 471. The maximum Gasteiger partial charge on any atom is 0.134 e. The zero-order valence-corrected chi connectivity index (χ0v) is 9.86. The molecule has 1 N–H and O–H groups in total. The van der Waals surface area contributed by atoms with E-state index in [-0.39, 0.29) is 0 Å². The molecule has 0 saturated heterocycles. The Labute approximate surface area is 102 Å². The molecule has 0 aliphatic heterocycles. The minimum absolute atomic E-state index is 0.837. The smallest absolute Gasteiger partial charge is 0.134 e. The van der Waals surface area contributed by atoms with Gasteiger partial charge in [-0.2, -0.15) is 0 Å². The Morgan fingerprint density at radius 2 is 1.88 bits per heavy atom. The first kappa shape index (κ1) is 10.6. The van der Waals surface area contributed by atoms with Crippen LogP contribution in [-0.4, -0.2) is 6.54 Å². The number of furan rings is 1. The van der Waals surface area contributed by atoms with Gasteiger partial charge in [0.15, 0.2) is 0 Å². The van der Waals surface area contributed by atoms with Crippen molar-refractivity contribution >= 4 is 0 Å². The van der Waals surface area contributed by atoms with E-state index in [0.29, 0.717) is 0 Å². The number of rotatable bonds is 5. The van der Waals surface area contributed by atoms with Crippen LogP contribution in [0.25, 0.3) is 11.3 Å². The van der Waals surface area contributed by atoms with Gasteiger partial charge in [-0.15, -0.1) is 0 Å². The summed E-state index contributed by atoms with van der Waals surface area (Å²) in [5, 5.41) is 3.43. The van der Waals surface area contributed by atoms with E-state index in [1.807, 2.05) is 24.3 Å². The fourth-order valence-corrected chi connectivity index (χ4v) is 1.95. The predicted octanol–water partition coefficient (Wildman–Crippen LogP) is 3.45. The highest BCUT2D eigenvalue weighted by Crippen LogP contribution is 2.27. The molecule has 2 aromatic rings. The second kappa shape index (κ2) is 4.76. The zero-order chi connectivity index (χ0) is 11.5. The van der Waals surface area contributed by atoms with E-state index >= 15 is 0 Å². The molecule has 1 heterocycles. The molecule has 0 atom stereocenters. The van der Waals surface area contributed by atoms with Crippen LogP contribution in [0.1, 0.15) is 18.6 Å². The minimum Gasteiger partial charge on any atom is -0.460 e. The average Bonchev–Trinajstić information content (AvgIpc) is 3.07. The Morgan fingerprint density at radius 3 is 2.65 bits per heavy atom. The number of hydrogen-bond donors (Lipinski definition) is 1. The van der Waals surface area contributed by atoms with Gasteiger partial charge < -0.3 is 9.73 Å². The Hall–Kier alpha value is -1.54. The fraction of sp³-hybridized carbons (Fsp3) is 0.333. The third kappa shape index (κ3) is 2.77. The van der Waals surface area contributed by atoms with Crippen LogP contribution in [0, 0.1) is 5.92 Å². The van der Waals surface area contributed by atoms with Crippen molar-refractivity contribution in [3.8, 4) is 11.3 Å². The molecule has 1 aliphatic carbocycles. The lowest BCUT2D eigenvalue weighted by Crippen LogP contribution is -2.15. The van der Waals surface area contributed by atoms with Crippen molar-refractivity contribution in [3.05, 3.63) is 48.2 Å². The van der Waals surface area contributed by atoms with Crippen LogP contribution in [0.3, 0.4) is 0 Å². The molecule has 0 radical (unpaired) electrons. The molecular weight excluding hydrogens is 210 g/mol. The summed E-state index contributed by atoms with van der Waals surface area (Å²) in [5.74, 6) is 2.89. The molecule has 0 bridgehead atoms. The summed E-state index contributed by atoms with van der Waals surface area (Å²) in [6.07, 6.45) is 2.78. The van der Waals surface area contributed by atoms with E-state index in [4.69, 9.17) is 4.42 Å². The summed E-state index contributed by atoms with van der Waals surface area (Å²) in [6.45, 7) is 1.96. The molecule has 0 amide bonds. The van der Waals surface area contributed by atoms with Crippen LogP contribution >= 0.6 is 0 Å². The normalized spacial score (nSPS) is 15.1. The van der Waals surface area contributed by atoms with Crippen molar-refractivity contribution < 1.29 is 4.42 Å². The summed E-state index contributed by atoms with van der Waals surface area (Å²) in [6, 6.07) is 14.3. The van der Waals surface area contributed by atoms with Gasteiger partial charge in [-0.05, 0) is 37.4 Å². The van der Waals surface area contributed by atoms with Gasteiger partial charge in [-0.1, -0.05) is 30.3 Å². The van der Waals surface area contributed by atoms with E-state index in [0.717, 1.165) is 36.1 Å². The molecule has 2 heteroatoms. The van der Waals surface area contributed by atoms with Crippen molar-refractivity contribution in [2.24, 2.45) is 5.92 Å². The summed E-state index contributed by atoms with van der Waals surface area (Å²) in [5.41, 5.74) is 1.14. The summed E-state index contributed by atoms with van der Waals surface area (Å²) >= 11 is 0. The molecule has 0 spiro atoms. The molecule has 0 unspecified atom stereocenters. The Morgan fingerprint density at radius 1 is 1.06 bits per heavy atom. The highest BCUT2D eigenvalue weighted by molar-refractivity contribution is 5.57. The maximum absolute atomic E-state index is 5.81. The Kier molecular flexibility index (Phi) is 2.97. The summed E-state index contributed by atoms with van der Waals surface area (Å²) in [4.78, 5) is 0. The van der Waals surface area contributed by atoms with Crippen LogP contribution in [0.5, 0.6) is 0 Å². The van der Waals surface area contributed by atoms with E-state index in [1.54, 1.807) is 0 Å². The van der Waals surface area contributed by atoms with Crippen molar-refractivity contribution in [3.63, 3.8) is 0 Å². The molecule has 2 nitrogen and oxygen atoms in total. The number of nitrogens with one attached hydrogen (secondary N) is 1. The van der Waals surface area contributed by atoms with Crippen LogP contribution in [-0.2, 0) is 6.54 Å². The first-order valence-electron chi connectivity index (χ1n) is 6.27. The highest BCUT2D eigenvalue weighted by Gasteiger charge is 2.20. The van der Waals surface area contributed by atoms with Gasteiger partial charge in [0, 0.05) is 5.56 Å². The van der Waals surface area contributed by atoms with Crippen molar-refractivity contribution in [1.29, 1.82) is 0 Å². The number of hydrogen-bond acceptors (Lipinski definition) is 2. The first-order chi connectivity index (χ1) is 8.42. The predicted molar refractivity (Wildman–Crippen MR) is 68.6 cm³/mol. The van der Waals surface area contributed by atoms with Crippen LogP contribution in [0.2, 0.25) is 0 Å². The SMILES string of the molecule is c1ccc(-c2ccc(CNCC3CC3)o2)cc1. The molecule has 3 rings (SSSR count). The molecular formula is C15H17NO. The molecule has 17 heavy (non-hydrogen) atoms. The summed E-state index contributed by atoms with van der Waals surface area (Å²) < 4.78 is 5.81. The van der Waals surface area contributed by atoms with Crippen LogP contribution in [0.15, 0.2) is 46.9 Å². The second-order valence-electron chi connectivity index (χ2n) is 4.71. The second-order valence-corrected chi connectivity index (χ2v) is 4.71. The largest absolute Gasteiger partial charge is 0.460 e. The fourth-order valence-electron chi connectivity index (χ4n) is 1.95. The van der Waals surface area contributed by atoms with Crippen molar-refractivity contribution in [1.82, 2.24) is 5.32 Å². The van der Waals surface area contributed by atoms with Crippen molar-refractivity contribution in [2.75, 3.05) is 6.54 Å². The van der Waals surface area contributed by atoms with E-state index in [9.17, 15) is 0 Å². The van der Waals surface area contributed by atoms with Crippen LogP contribution in [0.4, 0.5) is 0 Å². The average molecular weight is 227 g/mol. The van der Waals surface area contributed by atoms with Crippen LogP contribution < -0.4 is 5.32 Å². The topological polar surface area (TPSA) is 25.2 Å². The number of benzene rings is 1. The molecule has 1 fully saturated rings. The maximum atomic E-state index is 5.81. The van der Waals surface area contributed by atoms with Gasteiger partial charge in [0.2, 0.25) is 0 Å². The monoisotopic (exact) mass is 227 g/mol.